The largest absolute Gasteiger partial charge is 0.462 e. The van der Waals surface area contributed by atoms with Gasteiger partial charge in [0.25, 0.3) is 0 Å². The number of rotatable bonds is 69. The van der Waals surface area contributed by atoms with Crippen LogP contribution in [0.25, 0.3) is 0 Å². The van der Waals surface area contributed by atoms with E-state index in [9.17, 15) is 14.4 Å². The third kappa shape index (κ3) is 67.1. The topological polar surface area (TPSA) is 78.9 Å². The van der Waals surface area contributed by atoms with Gasteiger partial charge in [0.15, 0.2) is 6.10 Å². The fourth-order valence-electron chi connectivity index (χ4n) is 11.6. The third-order valence-electron chi connectivity index (χ3n) is 17.1. The molecule has 0 saturated heterocycles. The Morgan fingerprint density at radius 3 is 0.506 bits per heavy atom. The number of esters is 3. The van der Waals surface area contributed by atoms with E-state index < -0.39 is 6.10 Å². The van der Waals surface area contributed by atoms with Crippen LogP contribution in [0.2, 0.25) is 0 Å². The second kappa shape index (κ2) is 68.9. The maximum atomic E-state index is 13.0. The summed E-state index contributed by atoms with van der Waals surface area (Å²) < 4.78 is 17.0. The Morgan fingerprint density at radius 2 is 0.342 bits per heavy atom. The Morgan fingerprint density at radius 1 is 0.203 bits per heavy atom. The smallest absolute Gasteiger partial charge is 0.306 e. The Bertz CT molecular complexity index is 1190. The minimum absolute atomic E-state index is 0.0599. The molecule has 0 spiro atoms. The fraction of sp³-hybridized carbons (Fsp3) is 0.959. The van der Waals surface area contributed by atoms with Gasteiger partial charge >= 0.3 is 17.9 Å². The van der Waals surface area contributed by atoms with Crippen LogP contribution >= 0.6 is 0 Å². The first-order valence-electron chi connectivity index (χ1n) is 36.5. The highest BCUT2D eigenvalue weighted by molar-refractivity contribution is 5.71. The molecule has 79 heavy (non-hydrogen) atoms. The van der Waals surface area contributed by atoms with Crippen molar-refractivity contribution in [2.75, 3.05) is 13.2 Å². The Hall–Kier alpha value is -1.59. The lowest BCUT2D eigenvalue weighted by Gasteiger charge is -2.18. The van der Waals surface area contributed by atoms with Crippen LogP contribution in [0.15, 0.2) is 0 Å². The van der Waals surface area contributed by atoms with Crippen LogP contribution in [0.4, 0.5) is 0 Å². The van der Waals surface area contributed by atoms with E-state index in [0.717, 1.165) is 57.8 Å². The van der Waals surface area contributed by atoms with Crippen molar-refractivity contribution < 1.29 is 28.6 Å². The molecule has 0 saturated carbocycles. The molecule has 6 nitrogen and oxygen atoms in total. The molecular weight excluding hydrogens is 973 g/mol. The van der Waals surface area contributed by atoms with Crippen molar-refractivity contribution in [3.63, 3.8) is 0 Å². The van der Waals surface area contributed by atoms with Crippen molar-refractivity contribution in [2.24, 2.45) is 0 Å². The second-order valence-electron chi connectivity index (χ2n) is 25.2. The molecular formula is C73H142O6. The highest BCUT2D eigenvalue weighted by atomic mass is 16.6. The van der Waals surface area contributed by atoms with E-state index in [1.165, 1.54) is 334 Å². The van der Waals surface area contributed by atoms with Crippen molar-refractivity contribution in [1.82, 2.24) is 0 Å². The van der Waals surface area contributed by atoms with Gasteiger partial charge in [0.05, 0.1) is 0 Å². The number of carbonyl (C=O) groups excluding carboxylic acids is 3. The van der Waals surface area contributed by atoms with E-state index in [0.29, 0.717) is 19.3 Å². The van der Waals surface area contributed by atoms with E-state index in [1.807, 2.05) is 0 Å². The predicted octanol–water partition coefficient (Wildman–Crippen LogP) is 25.0. The zero-order valence-electron chi connectivity index (χ0n) is 54.2. The fourth-order valence-corrected chi connectivity index (χ4v) is 11.6. The molecule has 0 aromatic carbocycles. The predicted molar refractivity (Wildman–Crippen MR) is 344 cm³/mol. The van der Waals surface area contributed by atoms with Gasteiger partial charge in [0.1, 0.15) is 13.2 Å². The summed E-state index contributed by atoms with van der Waals surface area (Å²) in [5.41, 5.74) is 0. The molecule has 6 heteroatoms. The van der Waals surface area contributed by atoms with E-state index in [-0.39, 0.29) is 31.1 Å². The lowest BCUT2D eigenvalue weighted by Crippen LogP contribution is -2.30. The van der Waals surface area contributed by atoms with E-state index in [2.05, 4.69) is 20.8 Å². The highest BCUT2D eigenvalue weighted by Crippen LogP contribution is 2.20. The molecule has 0 aromatic rings. The second-order valence-corrected chi connectivity index (χ2v) is 25.2. The summed E-state index contributed by atoms with van der Waals surface area (Å²) in [7, 11) is 0. The van der Waals surface area contributed by atoms with Crippen LogP contribution < -0.4 is 0 Å². The molecule has 0 N–H and O–H groups in total. The number of ether oxygens (including phenoxy) is 3. The van der Waals surface area contributed by atoms with Crippen LogP contribution in [-0.4, -0.2) is 37.2 Å². The number of unbranched alkanes of at least 4 members (excludes halogenated alkanes) is 58. The van der Waals surface area contributed by atoms with Gasteiger partial charge in [-0.1, -0.05) is 393 Å². The molecule has 0 heterocycles. The van der Waals surface area contributed by atoms with Crippen LogP contribution in [-0.2, 0) is 28.6 Å². The van der Waals surface area contributed by atoms with Gasteiger partial charge in [0, 0.05) is 19.3 Å². The van der Waals surface area contributed by atoms with Gasteiger partial charge in [0.2, 0.25) is 0 Å². The number of carbonyl (C=O) groups is 3. The lowest BCUT2D eigenvalue weighted by molar-refractivity contribution is -0.167. The molecule has 470 valence electrons. The molecule has 0 bridgehead atoms. The summed E-state index contributed by atoms with van der Waals surface area (Å²) in [6.45, 7) is 6.75. The maximum Gasteiger partial charge on any atom is 0.306 e. The van der Waals surface area contributed by atoms with Gasteiger partial charge in [-0.3, -0.25) is 14.4 Å². The lowest BCUT2D eigenvalue weighted by atomic mass is 10.0. The zero-order valence-corrected chi connectivity index (χ0v) is 54.2. The van der Waals surface area contributed by atoms with Crippen LogP contribution in [0, 0.1) is 0 Å². The van der Waals surface area contributed by atoms with Gasteiger partial charge < -0.3 is 14.2 Å². The molecule has 0 aromatic heterocycles. The summed E-state index contributed by atoms with van der Waals surface area (Å²) in [4.78, 5) is 38.5. The third-order valence-corrected chi connectivity index (χ3v) is 17.1. The first kappa shape index (κ1) is 77.4. The number of hydrogen-bond donors (Lipinski definition) is 0. The zero-order chi connectivity index (χ0) is 57.1. The minimum atomic E-state index is -0.763. The van der Waals surface area contributed by atoms with E-state index >= 15 is 0 Å². The summed E-state index contributed by atoms with van der Waals surface area (Å²) in [6.07, 6.45) is 81.4. The Labute approximate surface area is 495 Å². The van der Waals surface area contributed by atoms with Gasteiger partial charge in [-0.15, -0.1) is 0 Å². The quantitative estimate of drug-likeness (QED) is 0.0343. The average Bonchev–Trinajstić information content (AvgIpc) is 3.45. The summed E-state index contributed by atoms with van der Waals surface area (Å²) >= 11 is 0. The van der Waals surface area contributed by atoms with Crippen molar-refractivity contribution in [3.05, 3.63) is 0 Å². The van der Waals surface area contributed by atoms with Gasteiger partial charge in [-0.05, 0) is 19.3 Å². The molecule has 0 radical (unpaired) electrons. The Balaban J connectivity index is 4.21. The van der Waals surface area contributed by atoms with E-state index in [4.69, 9.17) is 14.2 Å². The first-order chi connectivity index (χ1) is 39.0. The van der Waals surface area contributed by atoms with Crippen LogP contribution in [0.1, 0.15) is 432 Å². The summed E-state index contributed by atoms with van der Waals surface area (Å²) in [5.74, 6) is -0.816. The molecule has 0 rings (SSSR count). The van der Waals surface area contributed by atoms with E-state index in [1.54, 1.807) is 0 Å². The Kier molecular flexibility index (Phi) is 67.5. The first-order valence-corrected chi connectivity index (χ1v) is 36.5. The number of hydrogen-bond acceptors (Lipinski definition) is 6. The van der Waals surface area contributed by atoms with Crippen LogP contribution in [0.3, 0.4) is 0 Å². The van der Waals surface area contributed by atoms with Crippen molar-refractivity contribution >= 4 is 17.9 Å². The molecule has 1 unspecified atom stereocenters. The molecule has 1 atom stereocenters. The van der Waals surface area contributed by atoms with Gasteiger partial charge in [-0.2, -0.15) is 0 Å². The summed E-state index contributed by atoms with van der Waals surface area (Å²) in [5, 5.41) is 0. The summed E-state index contributed by atoms with van der Waals surface area (Å²) in [6, 6.07) is 0. The molecule has 0 aliphatic heterocycles. The van der Waals surface area contributed by atoms with Gasteiger partial charge in [-0.25, -0.2) is 0 Å². The SMILES string of the molecule is CCCCCCCCCCCCCCCCCCCCCCCCCCCCC(=O)OCC(COC(=O)CCCCCCCCCCCCCCCCCCC)OC(=O)CCCCCCCCCCCCCCCCCCCC. The average molecular weight is 1120 g/mol. The van der Waals surface area contributed by atoms with Crippen molar-refractivity contribution in [1.29, 1.82) is 0 Å². The molecule has 0 amide bonds. The molecule has 0 aliphatic carbocycles. The van der Waals surface area contributed by atoms with Crippen molar-refractivity contribution in [2.45, 2.75) is 438 Å². The molecule has 0 fully saturated rings. The van der Waals surface area contributed by atoms with Crippen LogP contribution in [0.5, 0.6) is 0 Å². The standard InChI is InChI=1S/C73H142O6/c1-4-7-10-13-16-19-22-25-28-31-33-34-35-36-37-38-39-40-43-45-48-51-54-57-60-63-66-72(75)78-69-70(68-77-71(74)65-62-59-56-53-50-47-44-41-30-27-24-21-18-15-12-9-6-3)79-73(76)67-64-61-58-55-52-49-46-42-32-29-26-23-20-17-14-11-8-5-2/h70H,4-69H2,1-3H3. The normalized spacial score (nSPS) is 11.9. The highest BCUT2D eigenvalue weighted by Gasteiger charge is 2.20. The minimum Gasteiger partial charge on any atom is -0.462 e. The van der Waals surface area contributed by atoms with Crippen molar-refractivity contribution in [3.8, 4) is 0 Å². The monoisotopic (exact) mass is 1120 g/mol. The molecule has 0 aliphatic rings. The maximum absolute atomic E-state index is 13.0.